The molecule has 0 aromatic heterocycles. The molecule has 162 valence electrons. The summed E-state index contributed by atoms with van der Waals surface area (Å²) in [6.07, 6.45) is 4.44. The highest BCUT2D eigenvalue weighted by atomic mass is 31.2. The molecule has 0 heterocycles. The Morgan fingerprint density at radius 2 is 1.18 bits per heavy atom. The van der Waals surface area contributed by atoms with Gasteiger partial charge in [-0.05, 0) is 60.5 Å². The van der Waals surface area contributed by atoms with Crippen molar-refractivity contribution >= 4 is 8.60 Å². The van der Waals surface area contributed by atoms with Gasteiger partial charge in [-0.2, -0.15) is 0 Å². The van der Waals surface area contributed by atoms with Crippen molar-refractivity contribution in [3.63, 3.8) is 0 Å². The molecule has 0 N–H and O–H groups in total. The zero-order valence-electron chi connectivity index (χ0n) is 19.5. The fourth-order valence-corrected chi connectivity index (χ4v) is 4.59. The van der Waals surface area contributed by atoms with Crippen LogP contribution in [0.1, 0.15) is 81.1 Å². The second-order valence-corrected chi connectivity index (χ2v) is 11.8. The Bertz CT molecular complexity index is 491. The summed E-state index contributed by atoms with van der Waals surface area (Å²) in [4.78, 5) is 0. The molecule has 3 nitrogen and oxygen atoms in total. The van der Waals surface area contributed by atoms with Crippen LogP contribution < -0.4 is 4.52 Å². The summed E-state index contributed by atoms with van der Waals surface area (Å²) in [5, 5.41) is 0. The van der Waals surface area contributed by atoms with E-state index in [9.17, 15) is 0 Å². The van der Waals surface area contributed by atoms with Gasteiger partial charge >= 0.3 is 8.60 Å². The van der Waals surface area contributed by atoms with Crippen LogP contribution in [0.25, 0.3) is 0 Å². The van der Waals surface area contributed by atoms with Crippen molar-refractivity contribution in [3.8, 4) is 5.75 Å². The minimum Gasteiger partial charge on any atom is -0.427 e. The quantitative estimate of drug-likeness (QED) is 0.325. The molecule has 0 bridgehead atoms. The summed E-state index contributed by atoms with van der Waals surface area (Å²) in [5.41, 5.74) is 0.703. The zero-order valence-corrected chi connectivity index (χ0v) is 20.4. The third-order valence-electron chi connectivity index (χ3n) is 4.46. The van der Waals surface area contributed by atoms with Gasteiger partial charge in [0.15, 0.2) is 0 Å². The Balaban J connectivity index is 2.48. The largest absolute Gasteiger partial charge is 0.427 e. The molecular formula is C24H43O3P. The number of hydrogen-bond donors (Lipinski definition) is 0. The van der Waals surface area contributed by atoms with E-state index < -0.39 is 8.60 Å². The van der Waals surface area contributed by atoms with Crippen molar-refractivity contribution in [2.24, 2.45) is 22.7 Å². The second kappa shape index (κ2) is 12.2. The summed E-state index contributed by atoms with van der Waals surface area (Å²) < 4.78 is 18.1. The van der Waals surface area contributed by atoms with E-state index in [2.05, 4.69) is 55.4 Å². The molecule has 0 aliphatic rings. The van der Waals surface area contributed by atoms with Crippen LogP contribution in [0.4, 0.5) is 0 Å². The van der Waals surface area contributed by atoms with Crippen molar-refractivity contribution in [3.05, 3.63) is 30.3 Å². The molecule has 0 spiro atoms. The molecule has 28 heavy (non-hydrogen) atoms. The van der Waals surface area contributed by atoms with Crippen LogP contribution in [-0.4, -0.2) is 13.2 Å². The average molecular weight is 411 g/mol. The SMILES string of the molecule is CC(CCOP(OCCC(C)CC(C)(C)C)Oc1ccccc1)CC(C)(C)C. The molecule has 2 atom stereocenters. The van der Waals surface area contributed by atoms with Gasteiger partial charge in [-0.1, -0.05) is 73.6 Å². The third-order valence-corrected chi connectivity index (χ3v) is 5.61. The second-order valence-electron chi connectivity index (χ2n) is 10.6. The minimum absolute atomic E-state index is 0.352. The highest BCUT2D eigenvalue weighted by Crippen LogP contribution is 2.41. The van der Waals surface area contributed by atoms with E-state index in [0.717, 1.165) is 18.6 Å². The number of rotatable bonds is 12. The standard InChI is InChI=1S/C24H43O3P/c1-20(18-23(3,4)5)14-16-25-28(27-22-12-10-9-11-13-22)26-17-15-21(2)19-24(6,7)8/h9-13,20-21H,14-19H2,1-8H3. The van der Waals surface area contributed by atoms with E-state index in [-0.39, 0.29) is 0 Å². The van der Waals surface area contributed by atoms with Gasteiger partial charge in [-0.3, -0.25) is 0 Å². The summed E-state index contributed by atoms with van der Waals surface area (Å²) in [6.45, 7) is 19.7. The first-order chi connectivity index (χ1) is 12.9. The lowest BCUT2D eigenvalue weighted by Gasteiger charge is -2.24. The Labute approximate surface area is 175 Å². The third kappa shape index (κ3) is 13.5. The summed E-state index contributed by atoms with van der Waals surface area (Å²) in [5.74, 6) is 2.06. The van der Waals surface area contributed by atoms with Crippen molar-refractivity contribution in [1.82, 2.24) is 0 Å². The van der Waals surface area contributed by atoms with Crippen molar-refractivity contribution in [2.75, 3.05) is 13.2 Å². The minimum atomic E-state index is -1.36. The lowest BCUT2D eigenvalue weighted by Crippen LogP contribution is -2.13. The zero-order chi connectivity index (χ0) is 21.2. The van der Waals surface area contributed by atoms with Crippen LogP contribution in [0.5, 0.6) is 5.75 Å². The lowest BCUT2D eigenvalue weighted by atomic mass is 9.84. The molecule has 0 aliphatic carbocycles. The molecule has 0 aliphatic heterocycles. The van der Waals surface area contributed by atoms with E-state index in [0.29, 0.717) is 35.9 Å². The molecule has 0 amide bonds. The predicted molar refractivity (Wildman–Crippen MR) is 122 cm³/mol. The summed E-state index contributed by atoms with van der Waals surface area (Å²) >= 11 is 0. The van der Waals surface area contributed by atoms with Gasteiger partial charge in [-0.25, -0.2) is 0 Å². The van der Waals surface area contributed by atoms with Crippen LogP contribution in [0.3, 0.4) is 0 Å². The van der Waals surface area contributed by atoms with Crippen LogP contribution in [-0.2, 0) is 9.05 Å². The van der Waals surface area contributed by atoms with E-state index in [1.165, 1.54) is 12.8 Å². The number of hydrogen-bond acceptors (Lipinski definition) is 3. The fraction of sp³-hybridized carbons (Fsp3) is 0.750. The Hall–Kier alpha value is -0.630. The smallest absolute Gasteiger partial charge is 0.397 e. The fourth-order valence-electron chi connectivity index (χ4n) is 3.61. The molecular weight excluding hydrogens is 367 g/mol. The van der Waals surface area contributed by atoms with Crippen LogP contribution >= 0.6 is 8.60 Å². The van der Waals surface area contributed by atoms with E-state index in [1.54, 1.807) is 0 Å². The molecule has 0 saturated carbocycles. The topological polar surface area (TPSA) is 27.7 Å². The first-order valence-corrected chi connectivity index (χ1v) is 11.8. The number of benzene rings is 1. The molecule has 1 aromatic carbocycles. The van der Waals surface area contributed by atoms with E-state index in [1.807, 2.05) is 30.3 Å². The summed E-state index contributed by atoms with van der Waals surface area (Å²) in [7, 11) is -1.36. The molecule has 0 saturated heterocycles. The van der Waals surface area contributed by atoms with Crippen molar-refractivity contribution < 1.29 is 13.6 Å². The van der Waals surface area contributed by atoms with Gasteiger partial charge < -0.3 is 13.6 Å². The van der Waals surface area contributed by atoms with Crippen LogP contribution in [0.2, 0.25) is 0 Å². The average Bonchev–Trinajstić information content (AvgIpc) is 2.52. The van der Waals surface area contributed by atoms with E-state index >= 15 is 0 Å². The Morgan fingerprint density at radius 3 is 1.57 bits per heavy atom. The highest BCUT2D eigenvalue weighted by molar-refractivity contribution is 7.42. The van der Waals surface area contributed by atoms with Crippen molar-refractivity contribution in [1.29, 1.82) is 0 Å². The molecule has 1 aromatic rings. The van der Waals surface area contributed by atoms with Crippen LogP contribution in [0.15, 0.2) is 30.3 Å². The Morgan fingerprint density at radius 1 is 0.750 bits per heavy atom. The van der Waals surface area contributed by atoms with Crippen LogP contribution in [0, 0.1) is 22.7 Å². The van der Waals surface area contributed by atoms with E-state index in [4.69, 9.17) is 13.6 Å². The van der Waals surface area contributed by atoms with Gasteiger partial charge in [0.05, 0.1) is 13.2 Å². The maximum absolute atomic E-state index is 6.03. The monoisotopic (exact) mass is 410 g/mol. The normalized spacial score (nSPS) is 15.9. The first kappa shape index (κ1) is 25.4. The Kier molecular flexibility index (Phi) is 11.0. The maximum atomic E-state index is 6.03. The van der Waals surface area contributed by atoms with Gasteiger partial charge in [-0.15, -0.1) is 0 Å². The first-order valence-electron chi connectivity index (χ1n) is 10.7. The van der Waals surface area contributed by atoms with Gasteiger partial charge in [0.2, 0.25) is 0 Å². The molecule has 4 heteroatoms. The van der Waals surface area contributed by atoms with Gasteiger partial charge in [0, 0.05) is 0 Å². The highest BCUT2D eigenvalue weighted by Gasteiger charge is 2.20. The number of para-hydroxylation sites is 1. The molecule has 0 radical (unpaired) electrons. The van der Waals surface area contributed by atoms with Gasteiger partial charge in [0.1, 0.15) is 5.75 Å². The van der Waals surface area contributed by atoms with Crippen molar-refractivity contribution in [2.45, 2.75) is 81.1 Å². The maximum Gasteiger partial charge on any atom is 0.397 e. The molecule has 0 fully saturated rings. The lowest BCUT2D eigenvalue weighted by molar-refractivity contribution is 0.174. The molecule has 1 rings (SSSR count). The summed E-state index contributed by atoms with van der Waals surface area (Å²) in [6, 6.07) is 9.83. The predicted octanol–water partition coefficient (Wildman–Crippen LogP) is 8.25. The molecule has 2 unspecified atom stereocenters. The van der Waals surface area contributed by atoms with Gasteiger partial charge in [0.25, 0.3) is 0 Å².